The molecule has 5 nitrogen and oxygen atoms in total. The first kappa shape index (κ1) is 18.3. The molecule has 136 valence electrons. The molecule has 2 aromatic rings. The lowest BCUT2D eigenvalue weighted by atomic mass is 9.98. The summed E-state index contributed by atoms with van der Waals surface area (Å²) in [7, 11) is -1.55. The third kappa shape index (κ3) is 3.55. The molecule has 0 saturated heterocycles. The SMILES string of the molecule is Cc1cccc(C(C)C)c1NC(=O)C[C@H]1C(=O)Nc2ccccc2[S@]1=O. The summed E-state index contributed by atoms with van der Waals surface area (Å²) in [5, 5.41) is 4.77. The first-order valence-electron chi connectivity index (χ1n) is 8.58. The average molecular weight is 370 g/mol. The van der Waals surface area contributed by atoms with Crippen molar-refractivity contribution in [1.29, 1.82) is 0 Å². The van der Waals surface area contributed by atoms with Crippen LogP contribution >= 0.6 is 0 Å². The van der Waals surface area contributed by atoms with Crippen molar-refractivity contribution in [2.24, 2.45) is 0 Å². The van der Waals surface area contributed by atoms with Crippen molar-refractivity contribution in [1.82, 2.24) is 0 Å². The molecule has 2 aromatic carbocycles. The first-order valence-corrected chi connectivity index (χ1v) is 9.79. The Balaban J connectivity index is 1.79. The molecule has 1 aliphatic rings. The van der Waals surface area contributed by atoms with Crippen molar-refractivity contribution in [2.45, 2.75) is 43.3 Å². The zero-order chi connectivity index (χ0) is 18.8. The molecule has 0 aromatic heterocycles. The van der Waals surface area contributed by atoms with Gasteiger partial charge < -0.3 is 10.6 Å². The van der Waals surface area contributed by atoms with Crippen LogP contribution in [0.2, 0.25) is 0 Å². The van der Waals surface area contributed by atoms with Crippen LogP contribution in [0.1, 0.15) is 37.3 Å². The predicted molar refractivity (Wildman–Crippen MR) is 104 cm³/mol. The van der Waals surface area contributed by atoms with Gasteiger partial charge in [-0.05, 0) is 36.1 Å². The van der Waals surface area contributed by atoms with Crippen LogP contribution in [0, 0.1) is 6.92 Å². The standard InChI is InChI=1S/C20H22N2O3S/c1-12(2)14-8-6-7-13(3)19(14)22-18(23)11-17-20(24)21-15-9-4-5-10-16(15)26(17)25/h4-10,12,17H,11H2,1-3H3,(H,21,24)(H,22,23)/t17-,26+/m0/s1. The maximum atomic E-state index is 12.7. The molecule has 0 fully saturated rings. The van der Waals surface area contributed by atoms with Crippen molar-refractivity contribution in [2.75, 3.05) is 10.6 Å². The Morgan fingerprint density at radius 1 is 1.19 bits per heavy atom. The fourth-order valence-electron chi connectivity index (χ4n) is 3.08. The van der Waals surface area contributed by atoms with E-state index in [0.29, 0.717) is 10.6 Å². The van der Waals surface area contributed by atoms with Gasteiger partial charge in [0.25, 0.3) is 0 Å². The molecular formula is C20H22N2O3S. The summed E-state index contributed by atoms with van der Waals surface area (Å²) in [6, 6.07) is 12.8. The Labute approximate surface area is 155 Å². The van der Waals surface area contributed by atoms with Gasteiger partial charge in [0.2, 0.25) is 11.8 Å². The molecule has 0 unspecified atom stereocenters. The van der Waals surface area contributed by atoms with Crippen molar-refractivity contribution >= 4 is 34.0 Å². The molecular weight excluding hydrogens is 348 g/mol. The summed E-state index contributed by atoms with van der Waals surface area (Å²) in [5.41, 5.74) is 3.32. The van der Waals surface area contributed by atoms with Gasteiger partial charge in [0.15, 0.2) is 0 Å². The molecule has 26 heavy (non-hydrogen) atoms. The van der Waals surface area contributed by atoms with E-state index in [1.54, 1.807) is 24.3 Å². The maximum Gasteiger partial charge on any atom is 0.241 e. The van der Waals surface area contributed by atoms with Gasteiger partial charge in [0, 0.05) is 5.69 Å². The third-order valence-electron chi connectivity index (χ3n) is 4.47. The second-order valence-corrected chi connectivity index (χ2v) is 8.32. The number of para-hydroxylation sites is 2. The summed E-state index contributed by atoms with van der Waals surface area (Å²) in [6.45, 7) is 6.05. The van der Waals surface area contributed by atoms with E-state index < -0.39 is 16.0 Å². The lowest BCUT2D eigenvalue weighted by Crippen LogP contribution is -2.39. The van der Waals surface area contributed by atoms with E-state index >= 15 is 0 Å². The minimum absolute atomic E-state index is 0.126. The second-order valence-electron chi connectivity index (χ2n) is 6.72. The number of hydrogen-bond acceptors (Lipinski definition) is 3. The number of anilines is 2. The minimum Gasteiger partial charge on any atom is -0.326 e. The fourth-order valence-corrected chi connectivity index (χ4v) is 4.49. The first-order chi connectivity index (χ1) is 12.4. The van der Waals surface area contributed by atoms with Gasteiger partial charge in [-0.3, -0.25) is 13.8 Å². The van der Waals surface area contributed by atoms with Crippen LogP contribution in [0.5, 0.6) is 0 Å². The van der Waals surface area contributed by atoms with Crippen LogP contribution < -0.4 is 10.6 Å². The van der Waals surface area contributed by atoms with E-state index in [-0.39, 0.29) is 24.2 Å². The number of carbonyl (C=O) groups is 2. The molecule has 0 saturated carbocycles. The Morgan fingerprint density at radius 3 is 2.65 bits per heavy atom. The topological polar surface area (TPSA) is 75.3 Å². The smallest absolute Gasteiger partial charge is 0.241 e. The minimum atomic E-state index is -1.55. The summed E-state index contributed by atoms with van der Waals surface area (Å²) in [4.78, 5) is 25.5. The second kappa shape index (κ2) is 7.41. The van der Waals surface area contributed by atoms with Crippen LogP contribution in [-0.2, 0) is 20.4 Å². The van der Waals surface area contributed by atoms with E-state index in [1.807, 2.05) is 25.1 Å². The Morgan fingerprint density at radius 2 is 1.92 bits per heavy atom. The summed E-state index contributed by atoms with van der Waals surface area (Å²) >= 11 is 0. The number of hydrogen-bond donors (Lipinski definition) is 2. The molecule has 0 aliphatic carbocycles. The van der Waals surface area contributed by atoms with Crippen LogP contribution in [0.4, 0.5) is 11.4 Å². The molecule has 1 aliphatic heterocycles. The van der Waals surface area contributed by atoms with Gasteiger partial charge in [-0.25, -0.2) is 0 Å². The molecule has 6 heteroatoms. The summed E-state index contributed by atoms with van der Waals surface area (Å²) in [6.07, 6.45) is -0.126. The van der Waals surface area contributed by atoms with E-state index in [0.717, 1.165) is 16.8 Å². The molecule has 2 atom stereocenters. The zero-order valence-electron chi connectivity index (χ0n) is 15.0. The van der Waals surface area contributed by atoms with Gasteiger partial charge in [-0.15, -0.1) is 0 Å². The van der Waals surface area contributed by atoms with E-state index in [9.17, 15) is 13.8 Å². The largest absolute Gasteiger partial charge is 0.326 e. The fraction of sp³-hybridized carbons (Fsp3) is 0.300. The van der Waals surface area contributed by atoms with Crippen molar-refractivity contribution in [3.63, 3.8) is 0 Å². The van der Waals surface area contributed by atoms with Gasteiger partial charge >= 0.3 is 0 Å². The maximum absolute atomic E-state index is 12.7. The number of carbonyl (C=O) groups excluding carboxylic acids is 2. The van der Waals surface area contributed by atoms with E-state index in [4.69, 9.17) is 0 Å². The van der Waals surface area contributed by atoms with Crippen LogP contribution in [0.25, 0.3) is 0 Å². The van der Waals surface area contributed by atoms with Gasteiger partial charge in [-0.1, -0.05) is 44.2 Å². The lowest BCUT2D eigenvalue weighted by molar-refractivity contribution is -0.120. The number of aryl methyl sites for hydroxylation is 1. The molecule has 2 amide bonds. The highest BCUT2D eigenvalue weighted by Crippen LogP contribution is 2.30. The molecule has 0 spiro atoms. The zero-order valence-corrected chi connectivity index (χ0v) is 15.9. The summed E-state index contributed by atoms with van der Waals surface area (Å²) in [5.74, 6) is -0.440. The van der Waals surface area contributed by atoms with Gasteiger partial charge in [0.1, 0.15) is 5.25 Å². The number of rotatable bonds is 4. The number of fused-ring (bicyclic) bond motifs is 1. The number of nitrogens with one attached hydrogen (secondary N) is 2. The molecule has 0 radical (unpaired) electrons. The van der Waals surface area contributed by atoms with Crippen molar-refractivity contribution in [3.05, 3.63) is 53.6 Å². The Bertz CT molecular complexity index is 892. The molecule has 1 heterocycles. The quantitative estimate of drug-likeness (QED) is 0.864. The van der Waals surface area contributed by atoms with Crippen molar-refractivity contribution < 1.29 is 13.8 Å². The van der Waals surface area contributed by atoms with Crippen molar-refractivity contribution in [3.8, 4) is 0 Å². The monoisotopic (exact) mass is 370 g/mol. The van der Waals surface area contributed by atoms with Gasteiger partial charge in [-0.2, -0.15) is 0 Å². The lowest BCUT2D eigenvalue weighted by Gasteiger charge is -2.24. The third-order valence-corrected chi connectivity index (χ3v) is 6.16. The predicted octanol–water partition coefficient (Wildman–Crippen LogP) is 3.58. The number of amides is 2. The van der Waals surface area contributed by atoms with Crippen LogP contribution in [0.15, 0.2) is 47.4 Å². The normalized spacial score (nSPS) is 19.0. The Hall–Kier alpha value is -2.47. The highest BCUT2D eigenvalue weighted by molar-refractivity contribution is 7.86. The number of benzene rings is 2. The van der Waals surface area contributed by atoms with Crippen LogP contribution in [-0.4, -0.2) is 21.3 Å². The highest BCUT2D eigenvalue weighted by atomic mass is 32.2. The van der Waals surface area contributed by atoms with Crippen LogP contribution in [0.3, 0.4) is 0 Å². The molecule has 0 bridgehead atoms. The summed E-state index contributed by atoms with van der Waals surface area (Å²) < 4.78 is 12.7. The average Bonchev–Trinajstić information content (AvgIpc) is 2.60. The molecule has 3 rings (SSSR count). The molecule has 2 N–H and O–H groups in total. The Kier molecular flexibility index (Phi) is 5.23. The van der Waals surface area contributed by atoms with E-state index in [1.165, 1.54) is 0 Å². The van der Waals surface area contributed by atoms with E-state index in [2.05, 4.69) is 24.5 Å². The highest BCUT2D eigenvalue weighted by Gasteiger charge is 2.34. The van der Waals surface area contributed by atoms with Gasteiger partial charge in [0.05, 0.1) is 27.8 Å².